The van der Waals surface area contributed by atoms with Crippen LogP contribution in [0.5, 0.6) is 0 Å². The molecular weight excluding hydrogens is 699 g/mol. The summed E-state index contributed by atoms with van der Waals surface area (Å²) >= 11 is 2.38. The summed E-state index contributed by atoms with van der Waals surface area (Å²) in [7, 11) is -2.80. The molecule has 0 aromatic heterocycles. The Bertz CT molecular complexity index is 1390. The topological polar surface area (TPSA) is 0 Å². The molecule has 1 aliphatic carbocycles. The van der Waals surface area contributed by atoms with E-state index in [1.165, 1.54) is 42.8 Å². The minimum absolute atomic E-state index is 0. The van der Waals surface area contributed by atoms with E-state index in [-0.39, 0.29) is 37.2 Å². The fraction of sp³-hybridized carbons (Fsp3) is 0.488. The second-order valence-corrected chi connectivity index (χ2v) is 20.5. The monoisotopic (exact) mass is 759 g/mol. The third kappa shape index (κ3) is 8.86. The van der Waals surface area contributed by atoms with Gasteiger partial charge < -0.3 is 0 Å². The van der Waals surface area contributed by atoms with Gasteiger partial charge in [0.15, 0.2) is 0 Å². The van der Waals surface area contributed by atoms with Gasteiger partial charge in [-0.05, 0) is 0 Å². The third-order valence-corrected chi connectivity index (χ3v) is 16.2. The van der Waals surface area contributed by atoms with E-state index in [0.29, 0.717) is 35.5 Å². The van der Waals surface area contributed by atoms with Gasteiger partial charge in [0.1, 0.15) is 0 Å². The zero-order valence-corrected chi connectivity index (χ0v) is 37.1. The van der Waals surface area contributed by atoms with E-state index < -0.39 is 8.07 Å². The van der Waals surface area contributed by atoms with Gasteiger partial charge >= 0.3 is 291 Å². The molecule has 0 nitrogen and oxygen atoms in total. The molecule has 0 bridgehead atoms. The van der Waals surface area contributed by atoms with Gasteiger partial charge in [0.05, 0.1) is 0 Å². The molecule has 1 aliphatic rings. The molecule has 0 atom stereocenters. The molecule has 0 N–H and O–H groups in total. The SMILES string of the molecule is CC1=C([Si](c2cc(C(C)C)cc(C(C)C)c2)(c2cc(C(C)C)cc(C(C)C)c2)c2cc(C(C)C)cc(C(C)C)c2)C(C)=[C]([Ti])C1.Cl.Cl.Cl. The van der Waals surface area contributed by atoms with Crippen LogP contribution in [0.4, 0.5) is 0 Å². The maximum atomic E-state index is 2.64. The fourth-order valence-corrected chi connectivity index (χ4v) is 13.6. The van der Waals surface area contributed by atoms with Crippen molar-refractivity contribution in [2.45, 2.75) is 139 Å². The van der Waals surface area contributed by atoms with Gasteiger partial charge in [0.25, 0.3) is 0 Å². The first-order valence-electron chi connectivity index (χ1n) is 17.6. The Morgan fingerprint density at radius 3 is 0.833 bits per heavy atom. The summed E-state index contributed by atoms with van der Waals surface area (Å²) in [6.45, 7) is 33.3. The molecule has 0 amide bonds. The van der Waals surface area contributed by atoms with Crippen LogP contribution in [0.15, 0.2) is 74.8 Å². The van der Waals surface area contributed by atoms with Gasteiger partial charge in [-0.1, -0.05) is 0 Å². The van der Waals surface area contributed by atoms with Crippen LogP contribution in [0, 0.1) is 0 Å². The van der Waals surface area contributed by atoms with Crippen molar-refractivity contribution in [3.8, 4) is 0 Å². The largest absolute Gasteiger partial charge is 0.147 e. The van der Waals surface area contributed by atoms with E-state index in [0.717, 1.165) is 6.42 Å². The summed E-state index contributed by atoms with van der Waals surface area (Å²) in [5.41, 5.74) is 11.9. The summed E-state index contributed by atoms with van der Waals surface area (Å²) in [4.78, 5) is 0. The molecule has 3 aromatic carbocycles. The van der Waals surface area contributed by atoms with Crippen molar-refractivity contribution in [2.75, 3.05) is 0 Å². The van der Waals surface area contributed by atoms with Gasteiger partial charge in [0.2, 0.25) is 0 Å². The Kier molecular flexibility index (Phi) is 16.8. The zero-order chi connectivity index (χ0) is 33.5. The summed E-state index contributed by atoms with van der Waals surface area (Å²) in [6.07, 6.45) is 1.08. The molecule has 48 heavy (non-hydrogen) atoms. The molecule has 4 rings (SSSR count). The normalized spacial score (nSPS) is 13.6. The van der Waals surface area contributed by atoms with Crippen molar-refractivity contribution in [2.24, 2.45) is 0 Å². The van der Waals surface area contributed by atoms with Crippen LogP contribution in [-0.2, 0) is 20.4 Å². The number of allylic oxidation sites excluding steroid dienone is 4. The molecule has 0 radical (unpaired) electrons. The van der Waals surface area contributed by atoms with Crippen molar-refractivity contribution in [3.05, 3.63) is 108 Å². The summed E-state index contributed by atoms with van der Waals surface area (Å²) in [6, 6.07) is 23.3. The van der Waals surface area contributed by atoms with Gasteiger partial charge in [0, 0.05) is 0 Å². The minimum atomic E-state index is -2.80. The Labute approximate surface area is 326 Å². The van der Waals surface area contributed by atoms with Gasteiger partial charge in [-0.3, -0.25) is 0 Å². The van der Waals surface area contributed by atoms with E-state index in [1.54, 1.807) is 26.3 Å². The van der Waals surface area contributed by atoms with Gasteiger partial charge in [-0.2, -0.15) is 0 Å². The molecule has 0 saturated carbocycles. The molecule has 0 fully saturated rings. The Morgan fingerprint density at radius 1 is 0.438 bits per heavy atom. The van der Waals surface area contributed by atoms with Gasteiger partial charge in [-0.25, -0.2) is 0 Å². The fourth-order valence-electron chi connectivity index (χ4n) is 7.17. The van der Waals surface area contributed by atoms with Crippen LogP contribution in [0.25, 0.3) is 0 Å². The summed E-state index contributed by atoms with van der Waals surface area (Å²) < 4.78 is 1.54. The molecular formula is C43H62Cl3SiTi. The predicted octanol–water partition coefficient (Wildman–Crippen LogP) is 12.2. The Hall–Kier alpha value is -1.06. The van der Waals surface area contributed by atoms with Crippen molar-refractivity contribution in [3.63, 3.8) is 0 Å². The van der Waals surface area contributed by atoms with E-state index in [9.17, 15) is 0 Å². The maximum Gasteiger partial charge on any atom is -0.147 e. The molecule has 0 spiro atoms. The van der Waals surface area contributed by atoms with Crippen LogP contribution in [0.3, 0.4) is 0 Å². The van der Waals surface area contributed by atoms with Crippen LogP contribution >= 0.6 is 37.2 Å². The van der Waals surface area contributed by atoms with E-state index in [1.807, 2.05) is 0 Å². The molecule has 5 heteroatoms. The third-order valence-electron chi connectivity index (χ3n) is 10.3. The van der Waals surface area contributed by atoms with Crippen LogP contribution in [0.2, 0.25) is 0 Å². The molecule has 263 valence electrons. The molecule has 3 aromatic rings. The van der Waals surface area contributed by atoms with E-state index in [2.05, 4.69) is 172 Å². The standard InChI is InChI=1S/C43H59Si.3ClH.Ti/c1-26(2)34-17-35(27(3)4)21-40(20-34)44(43-32(13)15-16-33(43)14,41-22-36(28(5)6)18-37(23-41)29(7)8)42-24-38(30(9)10)19-39(25-42)31(11)12;;;;/h17-31H,15H2,1-14H3;3*1H;. The first kappa shape index (κ1) is 45.0. The van der Waals surface area contributed by atoms with E-state index >= 15 is 0 Å². The number of hydrogen-bond acceptors (Lipinski definition) is 0. The summed E-state index contributed by atoms with van der Waals surface area (Å²) in [5.74, 6) is 2.79. The average molecular weight is 761 g/mol. The van der Waals surface area contributed by atoms with Crippen LogP contribution in [-0.4, -0.2) is 8.07 Å². The smallest absolute Gasteiger partial charge is 0.147 e. The second kappa shape index (κ2) is 17.9. The van der Waals surface area contributed by atoms with Crippen molar-refractivity contribution in [1.29, 1.82) is 0 Å². The molecule has 0 unspecified atom stereocenters. The van der Waals surface area contributed by atoms with Crippen LogP contribution in [0.1, 0.15) is 172 Å². The zero-order valence-electron chi connectivity index (χ0n) is 32.1. The molecule has 0 saturated heterocycles. The van der Waals surface area contributed by atoms with Gasteiger partial charge in [-0.15, -0.1) is 37.2 Å². The number of benzene rings is 3. The Balaban J connectivity index is 0.00000384. The minimum Gasteiger partial charge on any atom is -0.147 e. The first-order chi connectivity index (χ1) is 21.0. The molecule has 0 aliphatic heterocycles. The number of halogens is 3. The van der Waals surface area contributed by atoms with Crippen molar-refractivity contribution >= 4 is 60.9 Å². The number of rotatable bonds is 10. The average Bonchev–Trinajstić information content (AvgIpc) is 3.23. The molecule has 0 heterocycles. The summed E-state index contributed by atoms with van der Waals surface area (Å²) in [5, 5.41) is 6.34. The quantitative estimate of drug-likeness (QED) is 0.143. The number of hydrogen-bond donors (Lipinski definition) is 0. The van der Waals surface area contributed by atoms with Crippen molar-refractivity contribution in [1.82, 2.24) is 0 Å². The predicted molar refractivity (Wildman–Crippen MR) is 220 cm³/mol. The van der Waals surface area contributed by atoms with Crippen LogP contribution < -0.4 is 15.6 Å². The van der Waals surface area contributed by atoms with Crippen molar-refractivity contribution < 1.29 is 20.4 Å². The Morgan fingerprint density at radius 2 is 0.667 bits per heavy atom. The van der Waals surface area contributed by atoms with E-state index in [4.69, 9.17) is 0 Å². The maximum absolute atomic E-state index is 2.80. The first-order valence-corrected chi connectivity index (χ1v) is 20.3. The second-order valence-electron chi connectivity index (χ2n) is 15.8.